The lowest BCUT2D eigenvalue weighted by atomic mass is 9.80. The van der Waals surface area contributed by atoms with E-state index in [0.717, 1.165) is 29.9 Å². The van der Waals surface area contributed by atoms with Crippen LogP contribution in [0.2, 0.25) is 0 Å². The molecule has 0 aromatic heterocycles. The molecule has 1 fully saturated rings. The molecule has 0 aliphatic heterocycles. The van der Waals surface area contributed by atoms with E-state index in [2.05, 4.69) is 20.8 Å². The molecule has 1 aromatic carbocycles. The second kappa shape index (κ2) is 7.72. The van der Waals surface area contributed by atoms with Crippen LogP contribution < -0.4 is 9.47 Å². The highest BCUT2D eigenvalue weighted by atomic mass is 16.5. The predicted molar refractivity (Wildman–Crippen MR) is 88.3 cm³/mol. The van der Waals surface area contributed by atoms with Gasteiger partial charge in [-0.2, -0.15) is 0 Å². The zero-order valence-corrected chi connectivity index (χ0v) is 14.1. The van der Waals surface area contributed by atoms with Crippen LogP contribution in [0.15, 0.2) is 12.1 Å². The van der Waals surface area contributed by atoms with E-state index in [1.165, 1.54) is 49.7 Å². The topological polar surface area (TPSA) is 18.5 Å². The lowest BCUT2D eigenvalue weighted by Gasteiger charge is -2.28. The molecule has 0 heterocycles. The van der Waals surface area contributed by atoms with Crippen LogP contribution in [0, 0.1) is 25.7 Å². The van der Waals surface area contributed by atoms with Crippen molar-refractivity contribution < 1.29 is 9.47 Å². The molecule has 0 bridgehead atoms. The normalized spacial score (nSPS) is 22.1. The molecule has 0 amide bonds. The highest BCUT2D eigenvalue weighted by Crippen LogP contribution is 2.33. The highest BCUT2D eigenvalue weighted by molar-refractivity contribution is 5.47. The summed E-state index contributed by atoms with van der Waals surface area (Å²) in [5.74, 6) is 3.67. The van der Waals surface area contributed by atoms with Gasteiger partial charge in [-0.15, -0.1) is 0 Å². The molecule has 0 saturated heterocycles. The molecule has 0 atom stereocenters. The fourth-order valence-corrected chi connectivity index (χ4v) is 3.45. The third kappa shape index (κ3) is 4.15. The number of benzene rings is 1. The molecular weight excluding hydrogens is 260 g/mol. The Morgan fingerprint density at radius 3 is 2.14 bits per heavy atom. The van der Waals surface area contributed by atoms with Gasteiger partial charge < -0.3 is 9.47 Å². The summed E-state index contributed by atoms with van der Waals surface area (Å²) in [7, 11) is 1.72. The van der Waals surface area contributed by atoms with Gasteiger partial charge in [0.05, 0.1) is 13.7 Å². The van der Waals surface area contributed by atoms with Crippen LogP contribution in [0.4, 0.5) is 0 Å². The SMILES string of the molecule is CCCC1CCC(COc2ccc(OC)c(C)c2C)CC1. The standard InChI is InChI=1S/C19H30O2/c1-5-6-16-7-9-17(10-8-16)13-21-19-12-11-18(20-4)14(2)15(19)3/h11-12,16-17H,5-10,13H2,1-4H3. The maximum atomic E-state index is 6.10. The fourth-order valence-electron chi connectivity index (χ4n) is 3.45. The third-order valence-corrected chi connectivity index (χ3v) is 5.05. The Balaban J connectivity index is 1.85. The summed E-state index contributed by atoms with van der Waals surface area (Å²) in [5, 5.41) is 0. The van der Waals surface area contributed by atoms with Crippen molar-refractivity contribution in [2.24, 2.45) is 11.8 Å². The summed E-state index contributed by atoms with van der Waals surface area (Å²) in [6.45, 7) is 7.37. The van der Waals surface area contributed by atoms with Gasteiger partial charge in [-0.05, 0) is 61.8 Å². The van der Waals surface area contributed by atoms with Gasteiger partial charge in [-0.3, -0.25) is 0 Å². The summed E-state index contributed by atoms with van der Waals surface area (Å²) < 4.78 is 11.5. The minimum Gasteiger partial charge on any atom is -0.496 e. The number of rotatable bonds is 6. The van der Waals surface area contributed by atoms with Gasteiger partial charge in [0.15, 0.2) is 0 Å². The van der Waals surface area contributed by atoms with Crippen LogP contribution in [0.1, 0.15) is 56.6 Å². The Kier molecular flexibility index (Phi) is 5.96. The number of ether oxygens (including phenoxy) is 2. The van der Waals surface area contributed by atoms with Crippen molar-refractivity contribution in [1.29, 1.82) is 0 Å². The van der Waals surface area contributed by atoms with E-state index >= 15 is 0 Å². The molecule has 2 rings (SSSR count). The fraction of sp³-hybridized carbons (Fsp3) is 0.684. The first-order valence-corrected chi connectivity index (χ1v) is 8.42. The molecule has 0 spiro atoms. The Morgan fingerprint density at radius 2 is 1.52 bits per heavy atom. The van der Waals surface area contributed by atoms with E-state index in [9.17, 15) is 0 Å². The average molecular weight is 290 g/mol. The van der Waals surface area contributed by atoms with E-state index < -0.39 is 0 Å². The lowest BCUT2D eigenvalue weighted by molar-refractivity contribution is 0.178. The number of hydrogen-bond acceptors (Lipinski definition) is 2. The van der Waals surface area contributed by atoms with Crippen molar-refractivity contribution in [3.8, 4) is 11.5 Å². The average Bonchev–Trinajstić information content (AvgIpc) is 2.50. The van der Waals surface area contributed by atoms with Crippen LogP contribution in [-0.4, -0.2) is 13.7 Å². The summed E-state index contributed by atoms with van der Waals surface area (Å²) in [6.07, 6.45) is 8.18. The summed E-state index contributed by atoms with van der Waals surface area (Å²) in [4.78, 5) is 0. The predicted octanol–water partition coefficient (Wildman–Crippen LogP) is 5.30. The van der Waals surface area contributed by atoms with Crippen molar-refractivity contribution in [2.75, 3.05) is 13.7 Å². The highest BCUT2D eigenvalue weighted by Gasteiger charge is 2.21. The minimum absolute atomic E-state index is 0.736. The molecule has 118 valence electrons. The summed E-state index contributed by atoms with van der Waals surface area (Å²) >= 11 is 0. The van der Waals surface area contributed by atoms with Crippen LogP contribution >= 0.6 is 0 Å². The quantitative estimate of drug-likeness (QED) is 0.708. The Hall–Kier alpha value is -1.18. The molecule has 0 unspecified atom stereocenters. The van der Waals surface area contributed by atoms with E-state index in [-0.39, 0.29) is 0 Å². The summed E-state index contributed by atoms with van der Waals surface area (Å²) in [6, 6.07) is 4.06. The molecular formula is C19H30O2. The van der Waals surface area contributed by atoms with Gasteiger partial charge >= 0.3 is 0 Å². The van der Waals surface area contributed by atoms with Crippen LogP contribution in [0.25, 0.3) is 0 Å². The Morgan fingerprint density at radius 1 is 0.952 bits per heavy atom. The first kappa shape index (κ1) is 16.2. The zero-order valence-electron chi connectivity index (χ0n) is 14.1. The molecule has 0 N–H and O–H groups in total. The van der Waals surface area contributed by atoms with Gasteiger partial charge in [-0.25, -0.2) is 0 Å². The van der Waals surface area contributed by atoms with E-state index in [1.807, 2.05) is 12.1 Å². The number of hydrogen-bond donors (Lipinski definition) is 0. The molecule has 1 saturated carbocycles. The molecule has 1 aliphatic rings. The molecule has 2 nitrogen and oxygen atoms in total. The van der Waals surface area contributed by atoms with Gasteiger partial charge in [0.25, 0.3) is 0 Å². The van der Waals surface area contributed by atoms with Gasteiger partial charge in [-0.1, -0.05) is 32.6 Å². The summed E-state index contributed by atoms with van der Waals surface area (Å²) in [5.41, 5.74) is 2.38. The van der Waals surface area contributed by atoms with Crippen molar-refractivity contribution in [1.82, 2.24) is 0 Å². The first-order valence-electron chi connectivity index (χ1n) is 8.42. The molecule has 2 heteroatoms. The Bertz CT molecular complexity index is 445. The third-order valence-electron chi connectivity index (χ3n) is 5.05. The Labute approximate surface area is 129 Å². The molecule has 1 aliphatic carbocycles. The van der Waals surface area contributed by atoms with Crippen LogP contribution in [0.3, 0.4) is 0 Å². The van der Waals surface area contributed by atoms with E-state index in [1.54, 1.807) is 7.11 Å². The molecule has 0 radical (unpaired) electrons. The molecule has 1 aromatic rings. The second-order valence-electron chi connectivity index (χ2n) is 6.50. The maximum absolute atomic E-state index is 6.10. The van der Waals surface area contributed by atoms with Crippen molar-refractivity contribution in [3.63, 3.8) is 0 Å². The van der Waals surface area contributed by atoms with Crippen molar-refractivity contribution in [3.05, 3.63) is 23.3 Å². The monoisotopic (exact) mass is 290 g/mol. The van der Waals surface area contributed by atoms with Gasteiger partial charge in [0.1, 0.15) is 11.5 Å². The van der Waals surface area contributed by atoms with E-state index in [4.69, 9.17) is 9.47 Å². The number of methoxy groups -OCH3 is 1. The van der Waals surface area contributed by atoms with Crippen molar-refractivity contribution >= 4 is 0 Å². The smallest absolute Gasteiger partial charge is 0.122 e. The maximum Gasteiger partial charge on any atom is 0.122 e. The van der Waals surface area contributed by atoms with Gasteiger partial charge in [0.2, 0.25) is 0 Å². The zero-order chi connectivity index (χ0) is 15.2. The largest absolute Gasteiger partial charge is 0.496 e. The lowest BCUT2D eigenvalue weighted by Crippen LogP contribution is -2.20. The molecule has 21 heavy (non-hydrogen) atoms. The van der Waals surface area contributed by atoms with Crippen molar-refractivity contribution in [2.45, 2.75) is 59.3 Å². The second-order valence-corrected chi connectivity index (χ2v) is 6.50. The van der Waals surface area contributed by atoms with Crippen LogP contribution in [0.5, 0.6) is 11.5 Å². The first-order chi connectivity index (χ1) is 10.2. The van der Waals surface area contributed by atoms with Crippen LogP contribution in [-0.2, 0) is 0 Å². The minimum atomic E-state index is 0.736. The van der Waals surface area contributed by atoms with E-state index in [0.29, 0.717) is 0 Å². The van der Waals surface area contributed by atoms with Gasteiger partial charge in [0, 0.05) is 0 Å².